The van der Waals surface area contributed by atoms with Crippen LogP contribution in [-0.4, -0.2) is 24.1 Å². The Bertz CT molecular complexity index is 121. The number of unbranched alkanes of at least 4 members (excludes halogenated alkanes) is 4. The first-order valence-electron chi connectivity index (χ1n) is 6.24. The van der Waals surface area contributed by atoms with E-state index in [0.717, 1.165) is 6.04 Å². The lowest BCUT2D eigenvalue weighted by molar-refractivity contribution is 0.488. The SMILES string of the molecule is CCCCCCCNC1CCCSC1. The normalized spacial score (nSPS) is 22.5. The number of hydrogen-bond acceptors (Lipinski definition) is 2. The molecule has 0 aromatic heterocycles. The summed E-state index contributed by atoms with van der Waals surface area (Å²) in [6.45, 7) is 3.52. The summed E-state index contributed by atoms with van der Waals surface area (Å²) in [5, 5.41) is 3.68. The van der Waals surface area contributed by atoms with E-state index in [0.29, 0.717) is 0 Å². The Morgan fingerprint density at radius 1 is 1.21 bits per heavy atom. The van der Waals surface area contributed by atoms with Gasteiger partial charge in [0, 0.05) is 11.8 Å². The zero-order valence-electron chi connectivity index (χ0n) is 9.56. The minimum absolute atomic E-state index is 0.819. The molecular formula is C12H25NS. The van der Waals surface area contributed by atoms with Gasteiger partial charge in [-0.2, -0.15) is 11.8 Å². The highest BCUT2D eigenvalue weighted by Gasteiger charge is 2.11. The van der Waals surface area contributed by atoms with Gasteiger partial charge in [-0.25, -0.2) is 0 Å². The lowest BCUT2D eigenvalue weighted by Gasteiger charge is -2.22. The fourth-order valence-corrected chi connectivity index (χ4v) is 3.04. The van der Waals surface area contributed by atoms with Gasteiger partial charge in [-0.05, 0) is 31.6 Å². The van der Waals surface area contributed by atoms with Crippen molar-refractivity contribution in [3.8, 4) is 0 Å². The van der Waals surface area contributed by atoms with E-state index in [1.54, 1.807) is 0 Å². The van der Waals surface area contributed by atoms with Crippen LogP contribution in [0, 0.1) is 0 Å². The Balaban J connectivity index is 1.82. The summed E-state index contributed by atoms with van der Waals surface area (Å²) in [5.41, 5.74) is 0. The van der Waals surface area contributed by atoms with Crippen molar-refractivity contribution in [2.75, 3.05) is 18.1 Å². The monoisotopic (exact) mass is 215 g/mol. The second-order valence-corrected chi connectivity index (χ2v) is 5.43. The molecule has 1 unspecified atom stereocenters. The van der Waals surface area contributed by atoms with Crippen molar-refractivity contribution in [2.45, 2.75) is 57.9 Å². The molecule has 1 atom stereocenters. The minimum atomic E-state index is 0.819. The van der Waals surface area contributed by atoms with Gasteiger partial charge >= 0.3 is 0 Å². The van der Waals surface area contributed by atoms with E-state index in [-0.39, 0.29) is 0 Å². The Morgan fingerprint density at radius 2 is 2.07 bits per heavy atom. The summed E-state index contributed by atoms with van der Waals surface area (Å²) in [7, 11) is 0. The number of hydrogen-bond donors (Lipinski definition) is 1. The number of rotatable bonds is 7. The Kier molecular flexibility index (Phi) is 7.61. The van der Waals surface area contributed by atoms with Crippen LogP contribution in [0.5, 0.6) is 0 Å². The molecule has 1 aliphatic rings. The van der Waals surface area contributed by atoms with E-state index >= 15 is 0 Å². The van der Waals surface area contributed by atoms with Crippen molar-refractivity contribution in [1.82, 2.24) is 5.32 Å². The third-order valence-corrected chi connectivity index (χ3v) is 4.09. The van der Waals surface area contributed by atoms with E-state index < -0.39 is 0 Å². The third kappa shape index (κ3) is 5.92. The predicted molar refractivity (Wildman–Crippen MR) is 67.1 cm³/mol. The molecule has 0 saturated carbocycles. The van der Waals surface area contributed by atoms with Gasteiger partial charge in [-0.3, -0.25) is 0 Å². The molecule has 1 aliphatic heterocycles. The van der Waals surface area contributed by atoms with Crippen molar-refractivity contribution in [2.24, 2.45) is 0 Å². The van der Waals surface area contributed by atoms with Crippen molar-refractivity contribution in [3.05, 3.63) is 0 Å². The van der Waals surface area contributed by atoms with E-state index in [1.807, 2.05) is 0 Å². The van der Waals surface area contributed by atoms with Gasteiger partial charge < -0.3 is 5.32 Å². The predicted octanol–water partition coefficient (Wildman–Crippen LogP) is 3.44. The number of nitrogens with one attached hydrogen (secondary N) is 1. The van der Waals surface area contributed by atoms with Crippen molar-refractivity contribution in [3.63, 3.8) is 0 Å². The fourth-order valence-electron chi connectivity index (χ4n) is 1.94. The molecule has 0 bridgehead atoms. The van der Waals surface area contributed by atoms with Crippen LogP contribution in [0.1, 0.15) is 51.9 Å². The maximum absolute atomic E-state index is 3.68. The molecule has 0 aromatic carbocycles. The molecule has 1 rings (SSSR count). The molecule has 1 nitrogen and oxygen atoms in total. The smallest absolute Gasteiger partial charge is 0.0158 e. The molecule has 2 heteroatoms. The van der Waals surface area contributed by atoms with Crippen molar-refractivity contribution in [1.29, 1.82) is 0 Å². The van der Waals surface area contributed by atoms with Gasteiger partial charge in [-0.1, -0.05) is 32.6 Å². The first-order valence-corrected chi connectivity index (χ1v) is 7.40. The van der Waals surface area contributed by atoms with Crippen molar-refractivity contribution >= 4 is 11.8 Å². The Hall–Kier alpha value is 0.310. The molecule has 0 amide bonds. The van der Waals surface area contributed by atoms with E-state index in [2.05, 4.69) is 24.0 Å². The highest BCUT2D eigenvalue weighted by molar-refractivity contribution is 7.99. The van der Waals surface area contributed by atoms with Crippen LogP contribution in [0.25, 0.3) is 0 Å². The van der Waals surface area contributed by atoms with Crippen LogP contribution >= 0.6 is 11.8 Å². The molecule has 1 heterocycles. The zero-order valence-corrected chi connectivity index (χ0v) is 10.4. The molecule has 14 heavy (non-hydrogen) atoms. The summed E-state index contributed by atoms with van der Waals surface area (Å²) < 4.78 is 0. The third-order valence-electron chi connectivity index (χ3n) is 2.87. The average Bonchev–Trinajstić information content (AvgIpc) is 2.25. The second-order valence-electron chi connectivity index (χ2n) is 4.28. The highest BCUT2D eigenvalue weighted by Crippen LogP contribution is 2.16. The molecule has 1 N–H and O–H groups in total. The van der Waals surface area contributed by atoms with Gasteiger partial charge in [0.25, 0.3) is 0 Å². The lowest BCUT2D eigenvalue weighted by Crippen LogP contribution is -2.34. The Labute approximate surface area is 93.4 Å². The second kappa shape index (κ2) is 8.60. The largest absolute Gasteiger partial charge is 0.313 e. The molecule has 0 radical (unpaired) electrons. The van der Waals surface area contributed by atoms with Gasteiger partial charge in [0.1, 0.15) is 0 Å². The molecule has 0 aliphatic carbocycles. The zero-order chi connectivity index (χ0) is 10.1. The first-order chi connectivity index (χ1) is 6.93. The van der Waals surface area contributed by atoms with Crippen LogP contribution in [0.3, 0.4) is 0 Å². The summed E-state index contributed by atoms with van der Waals surface area (Å²) >= 11 is 2.11. The minimum Gasteiger partial charge on any atom is -0.313 e. The molecule has 0 spiro atoms. The first kappa shape index (κ1) is 12.4. The van der Waals surface area contributed by atoms with Crippen LogP contribution in [0.15, 0.2) is 0 Å². The maximum Gasteiger partial charge on any atom is 0.0158 e. The lowest BCUT2D eigenvalue weighted by atomic mass is 10.1. The molecule has 1 fully saturated rings. The topological polar surface area (TPSA) is 12.0 Å². The Morgan fingerprint density at radius 3 is 2.79 bits per heavy atom. The van der Waals surface area contributed by atoms with E-state index in [1.165, 1.54) is 63.0 Å². The molecule has 1 saturated heterocycles. The fraction of sp³-hybridized carbons (Fsp3) is 1.00. The van der Waals surface area contributed by atoms with Crippen molar-refractivity contribution < 1.29 is 0 Å². The van der Waals surface area contributed by atoms with Crippen LogP contribution in [-0.2, 0) is 0 Å². The van der Waals surface area contributed by atoms with E-state index in [9.17, 15) is 0 Å². The summed E-state index contributed by atoms with van der Waals surface area (Å²) in [5.74, 6) is 2.73. The van der Waals surface area contributed by atoms with Gasteiger partial charge in [0.05, 0.1) is 0 Å². The summed E-state index contributed by atoms with van der Waals surface area (Å²) in [6.07, 6.45) is 9.81. The van der Waals surface area contributed by atoms with Crippen LogP contribution < -0.4 is 5.32 Å². The van der Waals surface area contributed by atoms with Gasteiger partial charge in [0.15, 0.2) is 0 Å². The van der Waals surface area contributed by atoms with Gasteiger partial charge in [0.2, 0.25) is 0 Å². The average molecular weight is 215 g/mol. The molecule has 0 aromatic rings. The highest BCUT2D eigenvalue weighted by atomic mass is 32.2. The maximum atomic E-state index is 3.68. The summed E-state index contributed by atoms with van der Waals surface area (Å²) in [4.78, 5) is 0. The molecular weight excluding hydrogens is 190 g/mol. The van der Waals surface area contributed by atoms with E-state index in [4.69, 9.17) is 0 Å². The number of thioether (sulfide) groups is 1. The molecule has 84 valence electrons. The van der Waals surface area contributed by atoms with Crippen LogP contribution in [0.4, 0.5) is 0 Å². The standard InChI is InChI=1S/C12H25NS/c1-2-3-4-5-6-9-13-12-8-7-10-14-11-12/h12-13H,2-11H2,1H3. The quantitative estimate of drug-likeness (QED) is 0.653. The van der Waals surface area contributed by atoms with Gasteiger partial charge in [-0.15, -0.1) is 0 Å². The summed E-state index contributed by atoms with van der Waals surface area (Å²) in [6, 6.07) is 0.819. The van der Waals surface area contributed by atoms with Crippen LogP contribution in [0.2, 0.25) is 0 Å².